The number of nitriles is 1. The van der Waals surface area contributed by atoms with Crippen LogP contribution in [0, 0.1) is 21.4 Å². The number of rotatable bonds is 3. The second-order valence-electron chi connectivity index (χ2n) is 3.43. The third-order valence-corrected chi connectivity index (χ3v) is 2.24. The zero-order valence-corrected chi connectivity index (χ0v) is 9.01. The zero-order valence-electron chi connectivity index (χ0n) is 9.01. The Kier molecular flexibility index (Phi) is 3.75. The molecular formula is C10H5F3N2O4. The lowest BCUT2D eigenvalue weighted by Gasteiger charge is -2.09. The first-order chi connectivity index (χ1) is 8.68. The van der Waals surface area contributed by atoms with Gasteiger partial charge in [-0.2, -0.15) is 18.4 Å². The number of nitro groups is 1. The van der Waals surface area contributed by atoms with E-state index >= 15 is 0 Å². The third kappa shape index (κ3) is 2.98. The molecule has 9 heteroatoms. The van der Waals surface area contributed by atoms with Crippen LogP contribution in [0.15, 0.2) is 18.2 Å². The van der Waals surface area contributed by atoms with Crippen LogP contribution in [0.2, 0.25) is 0 Å². The average Bonchev–Trinajstić information content (AvgIpc) is 2.28. The third-order valence-electron chi connectivity index (χ3n) is 2.24. The van der Waals surface area contributed by atoms with E-state index in [0.717, 1.165) is 0 Å². The average molecular weight is 274 g/mol. The molecule has 1 unspecified atom stereocenters. The number of carbonyl (C=O) groups is 1. The predicted molar refractivity (Wildman–Crippen MR) is 54.1 cm³/mol. The molecule has 1 N–H and O–H groups in total. The van der Waals surface area contributed by atoms with Crippen molar-refractivity contribution in [3.8, 4) is 6.07 Å². The normalized spacial score (nSPS) is 12.5. The Balaban J connectivity index is 3.48. The highest BCUT2D eigenvalue weighted by Crippen LogP contribution is 2.35. The van der Waals surface area contributed by atoms with Gasteiger partial charge in [0, 0.05) is 6.07 Å². The molecule has 0 bridgehead atoms. The molecule has 1 atom stereocenters. The van der Waals surface area contributed by atoms with Crippen molar-refractivity contribution in [1.82, 2.24) is 0 Å². The molecular weight excluding hydrogens is 269 g/mol. The van der Waals surface area contributed by atoms with Gasteiger partial charge < -0.3 is 5.11 Å². The Hall–Kier alpha value is -2.63. The molecule has 0 aliphatic carbocycles. The highest BCUT2D eigenvalue weighted by molar-refractivity contribution is 5.81. The zero-order chi connectivity index (χ0) is 14.8. The summed E-state index contributed by atoms with van der Waals surface area (Å²) in [6, 6.07) is 2.62. The van der Waals surface area contributed by atoms with E-state index < -0.39 is 39.8 Å². The Morgan fingerprint density at radius 3 is 2.42 bits per heavy atom. The summed E-state index contributed by atoms with van der Waals surface area (Å²) in [7, 11) is 0. The molecule has 100 valence electrons. The molecule has 1 aromatic rings. The van der Waals surface area contributed by atoms with Crippen molar-refractivity contribution in [1.29, 1.82) is 5.26 Å². The summed E-state index contributed by atoms with van der Waals surface area (Å²) in [6.45, 7) is 0. The lowest BCUT2D eigenvalue weighted by molar-refractivity contribution is -0.385. The number of nitro benzene ring substituents is 1. The Labute approximate surface area is 103 Å². The van der Waals surface area contributed by atoms with Crippen LogP contribution in [0.1, 0.15) is 17.0 Å². The van der Waals surface area contributed by atoms with Crippen LogP contribution in [0.3, 0.4) is 0 Å². The van der Waals surface area contributed by atoms with Crippen LogP contribution < -0.4 is 0 Å². The number of hydrogen-bond donors (Lipinski definition) is 1. The predicted octanol–water partition coefficient (Wildman–Crippen LogP) is 2.31. The van der Waals surface area contributed by atoms with Crippen LogP contribution in [-0.2, 0) is 11.0 Å². The molecule has 0 aromatic heterocycles. The second-order valence-corrected chi connectivity index (χ2v) is 3.43. The molecule has 0 aliphatic rings. The molecule has 0 saturated heterocycles. The van der Waals surface area contributed by atoms with Gasteiger partial charge in [0.15, 0.2) is 5.92 Å². The van der Waals surface area contributed by atoms with E-state index in [1.165, 1.54) is 6.07 Å². The lowest BCUT2D eigenvalue weighted by atomic mass is 9.97. The summed E-state index contributed by atoms with van der Waals surface area (Å²) in [5.74, 6) is -3.58. The van der Waals surface area contributed by atoms with Crippen LogP contribution in [0.5, 0.6) is 0 Å². The van der Waals surface area contributed by atoms with E-state index in [1.54, 1.807) is 0 Å². The second kappa shape index (κ2) is 4.93. The highest BCUT2D eigenvalue weighted by atomic mass is 19.4. The van der Waals surface area contributed by atoms with Crippen LogP contribution in [-0.4, -0.2) is 16.0 Å². The molecule has 0 heterocycles. The molecule has 1 aromatic carbocycles. The van der Waals surface area contributed by atoms with E-state index in [-0.39, 0.29) is 6.07 Å². The molecule has 0 aliphatic heterocycles. The molecule has 0 spiro atoms. The van der Waals surface area contributed by atoms with Crippen molar-refractivity contribution in [2.45, 2.75) is 12.1 Å². The fraction of sp³-hybridized carbons (Fsp3) is 0.200. The molecule has 0 saturated carbocycles. The van der Waals surface area contributed by atoms with Gasteiger partial charge in [-0.15, -0.1) is 0 Å². The number of alkyl halides is 3. The number of carboxylic acid groups (broad SMARTS) is 1. The van der Waals surface area contributed by atoms with E-state index in [4.69, 9.17) is 10.4 Å². The highest BCUT2D eigenvalue weighted by Gasteiger charge is 2.35. The summed E-state index contributed by atoms with van der Waals surface area (Å²) in [5.41, 5.74) is -2.93. The first-order valence-electron chi connectivity index (χ1n) is 4.66. The number of benzene rings is 1. The van der Waals surface area contributed by atoms with Gasteiger partial charge in [0.2, 0.25) is 0 Å². The molecule has 6 nitrogen and oxygen atoms in total. The number of aliphatic carboxylic acids is 1. The summed E-state index contributed by atoms with van der Waals surface area (Å²) < 4.78 is 37.2. The summed E-state index contributed by atoms with van der Waals surface area (Å²) in [6.07, 6.45) is -4.80. The lowest BCUT2D eigenvalue weighted by Crippen LogP contribution is -2.13. The van der Waals surface area contributed by atoms with E-state index in [0.29, 0.717) is 12.1 Å². The quantitative estimate of drug-likeness (QED) is 0.672. The summed E-state index contributed by atoms with van der Waals surface area (Å²) in [4.78, 5) is 20.2. The maximum Gasteiger partial charge on any atom is 0.416 e. The van der Waals surface area contributed by atoms with Crippen molar-refractivity contribution in [2.24, 2.45) is 0 Å². The van der Waals surface area contributed by atoms with Gasteiger partial charge in [0.25, 0.3) is 5.69 Å². The van der Waals surface area contributed by atoms with Gasteiger partial charge in [0.05, 0.1) is 22.1 Å². The Morgan fingerprint density at radius 1 is 1.47 bits per heavy atom. The van der Waals surface area contributed by atoms with Crippen molar-refractivity contribution in [3.63, 3.8) is 0 Å². The van der Waals surface area contributed by atoms with Crippen LogP contribution >= 0.6 is 0 Å². The summed E-state index contributed by atoms with van der Waals surface area (Å²) in [5, 5.41) is 28.0. The van der Waals surface area contributed by atoms with Gasteiger partial charge in [0.1, 0.15) is 0 Å². The van der Waals surface area contributed by atoms with Gasteiger partial charge >= 0.3 is 12.1 Å². The fourth-order valence-electron chi connectivity index (χ4n) is 1.38. The molecule has 0 fully saturated rings. The van der Waals surface area contributed by atoms with E-state index in [9.17, 15) is 28.1 Å². The number of carboxylic acids is 1. The minimum atomic E-state index is -4.80. The molecule has 0 radical (unpaired) electrons. The largest absolute Gasteiger partial charge is 0.480 e. The van der Waals surface area contributed by atoms with Gasteiger partial charge in [-0.25, -0.2) is 0 Å². The standard InChI is InChI=1S/C10H5F3N2O4/c11-10(12,13)5-1-2-6(7(4-14)9(16)17)8(3-5)15(18)19/h1-3,7H,(H,16,17). The number of hydrogen-bond acceptors (Lipinski definition) is 4. The van der Waals surface area contributed by atoms with E-state index in [1.807, 2.05) is 0 Å². The minimum Gasteiger partial charge on any atom is -0.480 e. The Bertz CT molecular complexity index is 577. The maximum atomic E-state index is 12.4. The first kappa shape index (κ1) is 14.4. The fourth-order valence-corrected chi connectivity index (χ4v) is 1.38. The number of nitrogens with zero attached hydrogens (tertiary/aromatic N) is 2. The molecule has 1 rings (SSSR count). The first-order valence-corrected chi connectivity index (χ1v) is 4.66. The van der Waals surface area contributed by atoms with Gasteiger partial charge in [-0.3, -0.25) is 14.9 Å². The van der Waals surface area contributed by atoms with Gasteiger partial charge in [-0.05, 0) is 12.1 Å². The van der Waals surface area contributed by atoms with Crippen molar-refractivity contribution >= 4 is 11.7 Å². The van der Waals surface area contributed by atoms with Crippen molar-refractivity contribution in [3.05, 3.63) is 39.4 Å². The van der Waals surface area contributed by atoms with Crippen molar-refractivity contribution in [2.75, 3.05) is 0 Å². The monoisotopic (exact) mass is 274 g/mol. The maximum absolute atomic E-state index is 12.4. The minimum absolute atomic E-state index is 0.211. The summed E-state index contributed by atoms with van der Waals surface area (Å²) >= 11 is 0. The Morgan fingerprint density at radius 2 is 2.05 bits per heavy atom. The van der Waals surface area contributed by atoms with Crippen LogP contribution in [0.4, 0.5) is 18.9 Å². The topological polar surface area (TPSA) is 104 Å². The van der Waals surface area contributed by atoms with Crippen molar-refractivity contribution < 1.29 is 28.0 Å². The van der Waals surface area contributed by atoms with Gasteiger partial charge in [-0.1, -0.05) is 0 Å². The van der Waals surface area contributed by atoms with E-state index in [2.05, 4.69) is 0 Å². The molecule has 0 amide bonds. The smallest absolute Gasteiger partial charge is 0.416 e. The SMILES string of the molecule is N#CC(C(=O)O)c1ccc(C(F)(F)F)cc1[N+](=O)[O-]. The van der Waals surface area contributed by atoms with Crippen LogP contribution in [0.25, 0.3) is 0 Å². The number of halogens is 3. The molecule has 19 heavy (non-hydrogen) atoms.